The van der Waals surface area contributed by atoms with Crippen LogP contribution in [0, 0.1) is 13.8 Å². The van der Waals surface area contributed by atoms with Gasteiger partial charge in [0.05, 0.1) is 23.2 Å². The zero-order valence-electron chi connectivity index (χ0n) is 19.3. The van der Waals surface area contributed by atoms with Gasteiger partial charge in [0.15, 0.2) is 0 Å². The van der Waals surface area contributed by atoms with Crippen molar-refractivity contribution in [1.29, 1.82) is 0 Å². The number of hydrogen-bond acceptors (Lipinski definition) is 6. The summed E-state index contributed by atoms with van der Waals surface area (Å²) in [6.45, 7) is 8.28. The Morgan fingerprint density at radius 2 is 2.03 bits per heavy atom. The minimum Gasteiger partial charge on any atom is -0.370 e. The van der Waals surface area contributed by atoms with Crippen LogP contribution in [0.5, 0.6) is 0 Å². The molecule has 1 aliphatic heterocycles. The number of halogens is 3. The van der Waals surface area contributed by atoms with Crippen molar-refractivity contribution in [3.63, 3.8) is 0 Å². The standard InChI is InChI=1S/C24H26F3N5O2/c1-14(24(25,26)27)5-6-18-22-19(29-16(3)31(4)23(22)33)12-21(30-18)32-9-10-34-20(13-32)17-7-8-28-15(2)11-17/h7-8,11-12,20H,1,5-6,9-10,13H2,2-4H3/t20-/m1/s1. The molecule has 0 aromatic carbocycles. The van der Waals surface area contributed by atoms with Crippen molar-refractivity contribution < 1.29 is 17.9 Å². The number of rotatable bonds is 5. The smallest absolute Gasteiger partial charge is 0.370 e. The summed E-state index contributed by atoms with van der Waals surface area (Å²) < 4.78 is 46.5. The quantitative estimate of drug-likeness (QED) is 0.522. The molecule has 10 heteroatoms. The summed E-state index contributed by atoms with van der Waals surface area (Å²) in [4.78, 5) is 28.4. The highest BCUT2D eigenvalue weighted by molar-refractivity contribution is 5.83. The summed E-state index contributed by atoms with van der Waals surface area (Å²) in [7, 11) is 1.58. The number of nitrogens with zero attached hydrogens (tertiary/aromatic N) is 5. The number of alkyl halides is 3. The maximum Gasteiger partial charge on any atom is 0.412 e. The van der Waals surface area contributed by atoms with Crippen LogP contribution in [0.15, 0.2) is 41.3 Å². The maximum absolute atomic E-state index is 13.0. The van der Waals surface area contributed by atoms with Crippen molar-refractivity contribution in [2.75, 3.05) is 24.6 Å². The van der Waals surface area contributed by atoms with Crippen LogP contribution in [0.1, 0.15) is 35.3 Å². The monoisotopic (exact) mass is 473 g/mol. The Kier molecular flexibility index (Phi) is 6.44. The summed E-state index contributed by atoms with van der Waals surface area (Å²) in [5.74, 6) is 1.06. The molecule has 1 atom stereocenters. The Balaban J connectivity index is 1.73. The number of aromatic nitrogens is 4. The van der Waals surface area contributed by atoms with Crippen molar-refractivity contribution in [3.8, 4) is 0 Å². The van der Waals surface area contributed by atoms with E-state index < -0.39 is 11.7 Å². The average molecular weight is 473 g/mol. The molecule has 3 aromatic heterocycles. The summed E-state index contributed by atoms with van der Waals surface area (Å²) >= 11 is 0. The fraction of sp³-hybridized carbons (Fsp3) is 0.417. The van der Waals surface area contributed by atoms with Gasteiger partial charge in [-0.15, -0.1) is 0 Å². The van der Waals surface area contributed by atoms with E-state index in [4.69, 9.17) is 4.74 Å². The molecule has 0 amide bonds. The van der Waals surface area contributed by atoms with Gasteiger partial charge in [-0.05, 0) is 44.4 Å². The molecule has 1 fully saturated rings. The molecule has 0 radical (unpaired) electrons. The van der Waals surface area contributed by atoms with Crippen molar-refractivity contribution in [2.24, 2.45) is 7.05 Å². The lowest BCUT2D eigenvalue weighted by molar-refractivity contribution is -0.0935. The Morgan fingerprint density at radius 1 is 1.26 bits per heavy atom. The van der Waals surface area contributed by atoms with E-state index >= 15 is 0 Å². The number of anilines is 1. The van der Waals surface area contributed by atoms with Gasteiger partial charge in [-0.3, -0.25) is 14.3 Å². The summed E-state index contributed by atoms with van der Waals surface area (Å²) in [5, 5.41) is 0.237. The molecule has 0 spiro atoms. The fourth-order valence-electron chi connectivity index (χ4n) is 4.03. The van der Waals surface area contributed by atoms with Gasteiger partial charge in [0.25, 0.3) is 5.56 Å². The number of morpholine rings is 1. The molecular weight excluding hydrogens is 447 g/mol. The Labute approximate surface area is 194 Å². The normalized spacial score (nSPS) is 16.8. The number of ether oxygens (including phenoxy) is 1. The van der Waals surface area contributed by atoms with Crippen molar-refractivity contribution in [1.82, 2.24) is 19.5 Å². The minimum atomic E-state index is -4.49. The number of aryl methyl sites for hydroxylation is 3. The molecule has 180 valence electrons. The Bertz CT molecular complexity index is 1300. The van der Waals surface area contributed by atoms with E-state index in [9.17, 15) is 18.0 Å². The zero-order chi connectivity index (χ0) is 24.6. The van der Waals surface area contributed by atoms with Crippen LogP contribution in [-0.4, -0.2) is 45.4 Å². The van der Waals surface area contributed by atoms with E-state index in [0.717, 1.165) is 11.3 Å². The first kappa shape index (κ1) is 23.9. The average Bonchev–Trinajstić information content (AvgIpc) is 2.80. The van der Waals surface area contributed by atoms with E-state index in [1.54, 1.807) is 26.2 Å². The first-order valence-electron chi connectivity index (χ1n) is 11.0. The molecule has 0 unspecified atom stereocenters. The van der Waals surface area contributed by atoms with Crippen molar-refractivity contribution in [2.45, 2.75) is 39.0 Å². The molecule has 0 aliphatic carbocycles. The third-order valence-electron chi connectivity index (χ3n) is 6.09. The molecule has 7 nitrogen and oxygen atoms in total. The Morgan fingerprint density at radius 3 is 2.74 bits per heavy atom. The first-order valence-corrected chi connectivity index (χ1v) is 11.0. The summed E-state index contributed by atoms with van der Waals surface area (Å²) in [6.07, 6.45) is -3.39. The Hall–Kier alpha value is -3.27. The molecule has 3 aromatic rings. The van der Waals surface area contributed by atoms with E-state index in [1.807, 2.05) is 24.0 Å². The van der Waals surface area contributed by atoms with Crippen LogP contribution in [0.25, 0.3) is 10.9 Å². The lowest BCUT2D eigenvalue weighted by Gasteiger charge is -2.34. The van der Waals surface area contributed by atoms with Gasteiger partial charge in [-0.1, -0.05) is 6.58 Å². The van der Waals surface area contributed by atoms with Crippen molar-refractivity contribution in [3.05, 3.63) is 69.7 Å². The largest absolute Gasteiger partial charge is 0.412 e. The molecule has 4 heterocycles. The fourth-order valence-corrected chi connectivity index (χ4v) is 4.03. The maximum atomic E-state index is 13.0. The van der Waals surface area contributed by atoms with Crippen LogP contribution in [0.4, 0.5) is 19.0 Å². The molecule has 0 N–H and O–H groups in total. The van der Waals surface area contributed by atoms with Crippen LogP contribution >= 0.6 is 0 Å². The van der Waals surface area contributed by atoms with Gasteiger partial charge in [0.2, 0.25) is 0 Å². The SMILES string of the molecule is C=C(CCc1nc(N2CCO[C@@H](c3ccnc(C)c3)C2)cc2nc(C)n(C)c(=O)c12)C(F)(F)F. The minimum absolute atomic E-state index is 0.0695. The van der Waals surface area contributed by atoms with E-state index in [2.05, 4.69) is 21.5 Å². The molecule has 4 rings (SSSR count). The third-order valence-corrected chi connectivity index (χ3v) is 6.09. The second-order valence-corrected chi connectivity index (χ2v) is 8.48. The highest BCUT2D eigenvalue weighted by atomic mass is 19.4. The van der Waals surface area contributed by atoms with Gasteiger partial charge in [-0.25, -0.2) is 9.97 Å². The third kappa shape index (κ3) is 4.82. The summed E-state index contributed by atoms with van der Waals surface area (Å²) in [6, 6.07) is 5.59. The molecule has 34 heavy (non-hydrogen) atoms. The number of pyridine rings is 2. The molecular formula is C24H26F3N5O2. The van der Waals surface area contributed by atoms with E-state index in [-0.39, 0.29) is 35.6 Å². The lowest BCUT2D eigenvalue weighted by Crippen LogP contribution is -2.39. The van der Waals surface area contributed by atoms with E-state index in [0.29, 0.717) is 36.9 Å². The van der Waals surface area contributed by atoms with Crippen LogP contribution in [0.3, 0.4) is 0 Å². The predicted octanol–water partition coefficient (Wildman–Crippen LogP) is 3.97. The summed E-state index contributed by atoms with van der Waals surface area (Å²) in [5.41, 5.74) is 1.38. The second kappa shape index (κ2) is 9.17. The highest BCUT2D eigenvalue weighted by Crippen LogP contribution is 2.30. The van der Waals surface area contributed by atoms with Gasteiger partial charge < -0.3 is 9.64 Å². The number of fused-ring (bicyclic) bond motifs is 1. The van der Waals surface area contributed by atoms with Crippen molar-refractivity contribution >= 4 is 16.7 Å². The second-order valence-electron chi connectivity index (χ2n) is 8.48. The van der Waals surface area contributed by atoms with Crippen LogP contribution in [-0.2, 0) is 18.2 Å². The number of hydrogen-bond donors (Lipinski definition) is 0. The van der Waals surface area contributed by atoms with Crippen LogP contribution in [0.2, 0.25) is 0 Å². The lowest BCUT2D eigenvalue weighted by atomic mass is 10.1. The van der Waals surface area contributed by atoms with Gasteiger partial charge in [0, 0.05) is 43.7 Å². The van der Waals surface area contributed by atoms with Crippen LogP contribution < -0.4 is 10.5 Å². The zero-order valence-corrected chi connectivity index (χ0v) is 19.3. The topological polar surface area (TPSA) is 73.1 Å². The van der Waals surface area contributed by atoms with Gasteiger partial charge in [-0.2, -0.15) is 13.2 Å². The number of allylic oxidation sites excluding steroid dienone is 1. The van der Waals surface area contributed by atoms with E-state index in [1.165, 1.54) is 4.57 Å². The highest BCUT2D eigenvalue weighted by Gasteiger charge is 2.32. The van der Waals surface area contributed by atoms with Gasteiger partial charge in [0.1, 0.15) is 17.7 Å². The molecule has 0 bridgehead atoms. The molecule has 1 saturated heterocycles. The molecule has 0 saturated carbocycles. The predicted molar refractivity (Wildman–Crippen MR) is 123 cm³/mol. The van der Waals surface area contributed by atoms with Gasteiger partial charge >= 0.3 is 6.18 Å². The first-order chi connectivity index (χ1) is 16.0. The molecule has 1 aliphatic rings.